The van der Waals surface area contributed by atoms with E-state index in [1.165, 1.54) is 0 Å². The highest BCUT2D eigenvalue weighted by Crippen LogP contribution is 2.33. The van der Waals surface area contributed by atoms with Crippen LogP contribution in [-0.2, 0) is 4.79 Å². The van der Waals surface area contributed by atoms with Gasteiger partial charge in [-0.05, 0) is 37.3 Å². The number of amides is 2. The van der Waals surface area contributed by atoms with Crippen molar-refractivity contribution in [1.82, 2.24) is 0 Å². The first kappa shape index (κ1) is 14.4. The van der Waals surface area contributed by atoms with Crippen molar-refractivity contribution >= 4 is 34.8 Å². The first-order valence-corrected chi connectivity index (χ1v) is 7.10. The molecular weight excluding hydrogens is 304 g/mol. The van der Waals surface area contributed by atoms with Gasteiger partial charge in [-0.3, -0.25) is 9.59 Å². The number of carbonyl (C=O) groups excluding carboxylic acids is 2. The van der Waals surface area contributed by atoms with Crippen molar-refractivity contribution in [3.8, 4) is 5.75 Å². The van der Waals surface area contributed by atoms with Crippen molar-refractivity contribution in [3.05, 3.63) is 53.1 Å². The Morgan fingerprint density at radius 2 is 2.05 bits per heavy atom. The number of carbonyl (C=O) groups is 2. The fraction of sp³-hybridized carbons (Fsp3) is 0.125. The minimum atomic E-state index is -0.646. The van der Waals surface area contributed by atoms with E-state index in [9.17, 15) is 9.59 Å². The van der Waals surface area contributed by atoms with Crippen molar-refractivity contribution in [2.75, 3.05) is 10.6 Å². The third-order valence-corrected chi connectivity index (χ3v) is 3.50. The van der Waals surface area contributed by atoms with Crippen LogP contribution in [0.25, 0.3) is 0 Å². The van der Waals surface area contributed by atoms with Gasteiger partial charge in [0.1, 0.15) is 0 Å². The van der Waals surface area contributed by atoms with E-state index < -0.39 is 6.10 Å². The number of hydrogen-bond donors (Lipinski definition) is 2. The van der Waals surface area contributed by atoms with Crippen LogP contribution in [-0.4, -0.2) is 17.9 Å². The quantitative estimate of drug-likeness (QED) is 0.893. The van der Waals surface area contributed by atoms with E-state index in [0.717, 1.165) is 0 Å². The Hall–Kier alpha value is -2.53. The zero-order valence-corrected chi connectivity index (χ0v) is 12.5. The molecule has 1 heterocycles. The smallest absolute Gasteiger partial charge is 0.265 e. The predicted octanol–water partition coefficient (Wildman–Crippen LogP) is 3.31. The number of para-hydroxylation sites is 1. The highest BCUT2D eigenvalue weighted by molar-refractivity contribution is 6.31. The Kier molecular flexibility index (Phi) is 3.73. The van der Waals surface area contributed by atoms with Crippen molar-refractivity contribution in [3.63, 3.8) is 0 Å². The van der Waals surface area contributed by atoms with E-state index >= 15 is 0 Å². The number of nitrogens with one attached hydrogen (secondary N) is 2. The van der Waals surface area contributed by atoms with E-state index in [2.05, 4.69) is 10.6 Å². The summed E-state index contributed by atoms with van der Waals surface area (Å²) in [7, 11) is 0. The number of hydrogen-bond acceptors (Lipinski definition) is 3. The van der Waals surface area contributed by atoms with Gasteiger partial charge in [0.25, 0.3) is 11.8 Å². The molecule has 1 aliphatic rings. The van der Waals surface area contributed by atoms with Crippen LogP contribution in [0.1, 0.15) is 17.3 Å². The highest BCUT2D eigenvalue weighted by atomic mass is 35.5. The summed E-state index contributed by atoms with van der Waals surface area (Å²) < 4.78 is 5.56. The highest BCUT2D eigenvalue weighted by Gasteiger charge is 2.27. The van der Waals surface area contributed by atoms with E-state index in [1.54, 1.807) is 49.4 Å². The number of anilines is 2. The lowest BCUT2D eigenvalue weighted by molar-refractivity contribution is -0.122. The molecule has 0 fully saturated rings. The first-order valence-electron chi connectivity index (χ1n) is 6.72. The van der Waals surface area contributed by atoms with Gasteiger partial charge in [-0.15, -0.1) is 0 Å². The molecule has 2 aromatic rings. The molecule has 2 N–H and O–H groups in total. The first-order chi connectivity index (χ1) is 10.5. The molecule has 1 atom stereocenters. The summed E-state index contributed by atoms with van der Waals surface area (Å²) in [6.45, 7) is 1.63. The molecule has 0 aliphatic carbocycles. The molecule has 0 saturated carbocycles. The van der Waals surface area contributed by atoms with Crippen LogP contribution in [0, 0.1) is 0 Å². The molecule has 3 rings (SSSR count). The van der Waals surface area contributed by atoms with Crippen LogP contribution in [0.2, 0.25) is 5.02 Å². The zero-order valence-electron chi connectivity index (χ0n) is 11.7. The summed E-state index contributed by atoms with van der Waals surface area (Å²) in [6, 6.07) is 11.9. The van der Waals surface area contributed by atoms with Gasteiger partial charge >= 0.3 is 0 Å². The maximum atomic E-state index is 12.4. The fourth-order valence-corrected chi connectivity index (χ4v) is 2.36. The molecule has 112 valence electrons. The zero-order chi connectivity index (χ0) is 15.7. The van der Waals surface area contributed by atoms with Crippen molar-refractivity contribution < 1.29 is 14.3 Å². The number of benzene rings is 2. The van der Waals surface area contributed by atoms with Gasteiger partial charge in [0.05, 0.1) is 11.3 Å². The van der Waals surface area contributed by atoms with Crippen LogP contribution in [0.3, 0.4) is 0 Å². The molecule has 0 radical (unpaired) electrons. The Balaban J connectivity index is 1.91. The Morgan fingerprint density at radius 1 is 1.27 bits per heavy atom. The predicted molar refractivity (Wildman–Crippen MR) is 84.6 cm³/mol. The second-order valence-corrected chi connectivity index (χ2v) is 5.33. The van der Waals surface area contributed by atoms with Crippen molar-refractivity contribution in [1.29, 1.82) is 0 Å². The molecule has 0 bridgehead atoms. The summed E-state index contributed by atoms with van der Waals surface area (Å²) in [5.74, 6) is -0.198. The fourth-order valence-electron chi connectivity index (χ4n) is 2.17. The van der Waals surface area contributed by atoms with Gasteiger partial charge in [-0.1, -0.05) is 23.7 Å². The summed E-state index contributed by atoms with van der Waals surface area (Å²) in [6.07, 6.45) is -0.646. The van der Waals surface area contributed by atoms with E-state index in [-0.39, 0.29) is 11.8 Å². The SMILES string of the molecule is CC1Oc2c(cccc2C(=O)Nc2cccc(Cl)c2)NC1=O. The maximum absolute atomic E-state index is 12.4. The molecular formula is C16H13ClN2O3. The van der Waals surface area contributed by atoms with Gasteiger partial charge in [0.15, 0.2) is 11.9 Å². The topological polar surface area (TPSA) is 67.4 Å². The second kappa shape index (κ2) is 5.69. The molecule has 0 saturated heterocycles. The lowest BCUT2D eigenvalue weighted by atomic mass is 10.1. The minimum absolute atomic E-state index is 0.236. The van der Waals surface area contributed by atoms with E-state index in [4.69, 9.17) is 16.3 Å². The standard InChI is InChI=1S/C16H13ClN2O3/c1-9-15(20)19-13-7-3-6-12(14(13)22-9)16(21)18-11-5-2-4-10(17)8-11/h2-9H,1H3,(H,18,21)(H,19,20). The van der Waals surface area contributed by atoms with Gasteiger partial charge < -0.3 is 15.4 Å². The average molecular weight is 317 g/mol. The molecule has 5 nitrogen and oxygen atoms in total. The lowest BCUT2D eigenvalue weighted by Gasteiger charge is -2.25. The average Bonchev–Trinajstić information content (AvgIpc) is 2.48. The molecule has 0 aromatic heterocycles. The molecule has 1 aliphatic heterocycles. The lowest BCUT2D eigenvalue weighted by Crippen LogP contribution is -2.35. The van der Waals surface area contributed by atoms with Crippen LogP contribution in [0.4, 0.5) is 11.4 Å². The van der Waals surface area contributed by atoms with Crippen LogP contribution < -0.4 is 15.4 Å². The Morgan fingerprint density at radius 3 is 2.82 bits per heavy atom. The monoisotopic (exact) mass is 316 g/mol. The number of fused-ring (bicyclic) bond motifs is 1. The Bertz CT molecular complexity index is 761. The third kappa shape index (κ3) is 2.76. The Labute approximate surface area is 132 Å². The molecule has 22 heavy (non-hydrogen) atoms. The normalized spacial score (nSPS) is 16.3. The molecule has 1 unspecified atom stereocenters. The van der Waals surface area contributed by atoms with Gasteiger partial charge in [0, 0.05) is 10.7 Å². The molecule has 2 amide bonds. The number of rotatable bonds is 2. The molecule has 6 heteroatoms. The van der Waals surface area contributed by atoms with Crippen LogP contribution >= 0.6 is 11.6 Å². The van der Waals surface area contributed by atoms with Crippen molar-refractivity contribution in [2.24, 2.45) is 0 Å². The van der Waals surface area contributed by atoms with Crippen LogP contribution in [0.5, 0.6) is 5.75 Å². The van der Waals surface area contributed by atoms with Crippen molar-refractivity contribution in [2.45, 2.75) is 13.0 Å². The summed E-state index contributed by atoms with van der Waals surface area (Å²) >= 11 is 5.90. The third-order valence-electron chi connectivity index (χ3n) is 3.26. The minimum Gasteiger partial charge on any atom is -0.478 e. The molecule has 2 aromatic carbocycles. The summed E-state index contributed by atoms with van der Waals surface area (Å²) in [4.78, 5) is 24.1. The van der Waals surface area contributed by atoms with Crippen LogP contribution in [0.15, 0.2) is 42.5 Å². The number of ether oxygens (including phenoxy) is 1. The second-order valence-electron chi connectivity index (χ2n) is 4.90. The van der Waals surface area contributed by atoms with Gasteiger partial charge in [-0.2, -0.15) is 0 Å². The summed E-state index contributed by atoms with van der Waals surface area (Å²) in [5, 5.41) is 6.00. The molecule has 0 spiro atoms. The van der Waals surface area contributed by atoms with E-state index in [1.807, 2.05) is 0 Å². The van der Waals surface area contributed by atoms with Gasteiger partial charge in [-0.25, -0.2) is 0 Å². The van der Waals surface area contributed by atoms with E-state index in [0.29, 0.717) is 27.7 Å². The number of halogens is 1. The largest absolute Gasteiger partial charge is 0.478 e. The van der Waals surface area contributed by atoms with Gasteiger partial charge in [0.2, 0.25) is 0 Å². The maximum Gasteiger partial charge on any atom is 0.265 e. The summed E-state index contributed by atoms with van der Waals surface area (Å²) in [5.41, 5.74) is 1.43.